The Kier molecular flexibility index (Phi) is 4.06. The minimum absolute atomic E-state index is 0.210. The fourth-order valence-electron chi connectivity index (χ4n) is 1.32. The molecule has 2 aromatic rings. The fourth-order valence-corrected chi connectivity index (χ4v) is 2.11. The summed E-state index contributed by atoms with van der Waals surface area (Å²) >= 11 is 7.36. The van der Waals surface area contributed by atoms with Crippen LogP contribution in [0.25, 0.3) is 0 Å². The number of nitrogens with zero attached hydrogens (tertiary/aromatic N) is 2. The highest BCUT2D eigenvalue weighted by atomic mass is 35.5. The molecule has 2 aromatic heterocycles. The van der Waals surface area contributed by atoms with Crippen molar-refractivity contribution < 1.29 is 4.79 Å². The van der Waals surface area contributed by atoms with E-state index in [0.29, 0.717) is 18.5 Å². The van der Waals surface area contributed by atoms with Crippen LogP contribution in [0.5, 0.6) is 0 Å². The van der Waals surface area contributed by atoms with E-state index in [1.807, 2.05) is 5.38 Å². The molecular formula is C11H10ClN3OS. The van der Waals surface area contributed by atoms with Crippen LogP contribution in [0.15, 0.2) is 29.2 Å². The minimum atomic E-state index is -0.210. The van der Waals surface area contributed by atoms with Gasteiger partial charge < -0.3 is 5.32 Å². The number of carbonyl (C=O) groups excluding carboxylic acids is 1. The zero-order valence-electron chi connectivity index (χ0n) is 8.89. The molecule has 6 heteroatoms. The number of amides is 1. The molecule has 1 N–H and O–H groups in total. The van der Waals surface area contributed by atoms with Gasteiger partial charge in [0, 0.05) is 24.5 Å². The number of carbonyl (C=O) groups is 1. The second kappa shape index (κ2) is 5.75. The van der Waals surface area contributed by atoms with Crippen molar-refractivity contribution in [1.29, 1.82) is 0 Å². The molecule has 0 bridgehead atoms. The minimum Gasteiger partial charge on any atom is -0.352 e. The van der Waals surface area contributed by atoms with Crippen LogP contribution in [0.1, 0.15) is 16.1 Å². The number of hydrogen-bond donors (Lipinski definition) is 1. The van der Waals surface area contributed by atoms with Crippen LogP contribution in [-0.2, 0) is 6.42 Å². The Bertz CT molecular complexity index is 501. The molecule has 0 radical (unpaired) electrons. The molecule has 2 heterocycles. The van der Waals surface area contributed by atoms with Gasteiger partial charge in [-0.15, -0.1) is 11.3 Å². The first-order valence-corrected chi connectivity index (χ1v) is 6.35. The molecule has 2 rings (SSSR count). The summed E-state index contributed by atoms with van der Waals surface area (Å²) in [5.74, 6) is -0.210. The summed E-state index contributed by atoms with van der Waals surface area (Å²) < 4.78 is 0. The number of rotatable bonds is 4. The molecule has 0 fully saturated rings. The normalized spacial score (nSPS) is 10.2. The first kappa shape index (κ1) is 12.0. The topological polar surface area (TPSA) is 54.9 Å². The smallest absolute Gasteiger partial charge is 0.254 e. The number of nitrogens with one attached hydrogen (secondary N) is 1. The van der Waals surface area contributed by atoms with Crippen molar-refractivity contribution in [3.8, 4) is 0 Å². The van der Waals surface area contributed by atoms with Crippen LogP contribution in [0.3, 0.4) is 0 Å². The van der Waals surface area contributed by atoms with Crippen LogP contribution in [0.2, 0.25) is 5.15 Å². The highest BCUT2D eigenvalue weighted by molar-refractivity contribution is 7.07. The molecule has 0 atom stereocenters. The zero-order valence-corrected chi connectivity index (χ0v) is 10.5. The Balaban J connectivity index is 1.88. The van der Waals surface area contributed by atoms with Crippen molar-refractivity contribution in [3.05, 3.63) is 45.6 Å². The predicted molar refractivity (Wildman–Crippen MR) is 67.4 cm³/mol. The van der Waals surface area contributed by atoms with Gasteiger partial charge in [-0.1, -0.05) is 11.6 Å². The van der Waals surface area contributed by atoms with Crippen LogP contribution >= 0.6 is 22.9 Å². The van der Waals surface area contributed by atoms with Crippen LogP contribution in [0.4, 0.5) is 0 Å². The van der Waals surface area contributed by atoms with Crippen LogP contribution in [-0.4, -0.2) is 22.4 Å². The van der Waals surface area contributed by atoms with Gasteiger partial charge in [0.15, 0.2) is 0 Å². The number of hydrogen-bond acceptors (Lipinski definition) is 4. The Morgan fingerprint density at radius 3 is 3.06 bits per heavy atom. The van der Waals surface area contributed by atoms with E-state index in [-0.39, 0.29) is 11.1 Å². The van der Waals surface area contributed by atoms with E-state index in [1.54, 1.807) is 35.2 Å². The molecule has 0 saturated heterocycles. The molecule has 0 saturated carbocycles. The second-order valence-electron chi connectivity index (χ2n) is 3.33. The van der Waals surface area contributed by atoms with E-state index in [0.717, 1.165) is 5.69 Å². The molecule has 4 nitrogen and oxygen atoms in total. The Morgan fingerprint density at radius 1 is 1.47 bits per heavy atom. The lowest BCUT2D eigenvalue weighted by molar-refractivity contribution is 0.0954. The molecule has 0 aliphatic heterocycles. The summed E-state index contributed by atoms with van der Waals surface area (Å²) in [4.78, 5) is 19.7. The van der Waals surface area contributed by atoms with Crippen LogP contribution < -0.4 is 5.32 Å². The summed E-state index contributed by atoms with van der Waals surface area (Å²) in [7, 11) is 0. The maximum Gasteiger partial charge on any atom is 0.254 e. The molecule has 88 valence electrons. The van der Waals surface area contributed by atoms with Gasteiger partial charge in [0.25, 0.3) is 5.91 Å². The predicted octanol–water partition coefficient (Wildman–Crippen LogP) is 2.16. The molecule has 1 amide bonds. The highest BCUT2D eigenvalue weighted by Crippen LogP contribution is 2.10. The van der Waals surface area contributed by atoms with Crippen molar-refractivity contribution in [3.63, 3.8) is 0 Å². The average Bonchev–Trinajstić information content (AvgIpc) is 2.82. The Labute approximate surface area is 108 Å². The first-order chi connectivity index (χ1) is 8.27. The van der Waals surface area contributed by atoms with Gasteiger partial charge in [-0.3, -0.25) is 4.79 Å². The Hall–Kier alpha value is -1.46. The maximum absolute atomic E-state index is 11.7. The third-order valence-electron chi connectivity index (χ3n) is 2.15. The fraction of sp³-hybridized carbons (Fsp3) is 0.182. The summed E-state index contributed by atoms with van der Waals surface area (Å²) in [6.45, 7) is 0.536. The van der Waals surface area contributed by atoms with E-state index < -0.39 is 0 Å². The molecule has 0 aliphatic rings. The van der Waals surface area contributed by atoms with Gasteiger partial charge in [0.1, 0.15) is 5.15 Å². The Morgan fingerprint density at radius 2 is 2.35 bits per heavy atom. The lowest BCUT2D eigenvalue weighted by Gasteiger charge is -2.04. The van der Waals surface area contributed by atoms with Crippen molar-refractivity contribution in [2.45, 2.75) is 6.42 Å². The average molecular weight is 268 g/mol. The monoisotopic (exact) mass is 267 g/mol. The largest absolute Gasteiger partial charge is 0.352 e. The number of pyridine rings is 1. The van der Waals surface area contributed by atoms with E-state index in [1.165, 1.54) is 0 Å². The number of halogens is 1. The lowest BCUT2D eigenvalue weighted by Crippen LogP contribution is -2.26. The molecule has 0 aromatic carbocycles. The third-order valence-corrected chi connectivity index (χ3v) is 3.09. The van der Waals surface area contributed by atoms with Gasteiger partial charge in [0.2, 0.25) is 0 Å². The van der Waals surface area contributed by atoms with E-state index in [4.69, 9.17) is 11.6 Å². The van der Waals surface area contributed by atoms with Gasteiger partial charge in [-0.05, 0) is 12.1 Å². The van der Waals surface area contributed by atoms with Gasteiger partial charge in [-0.2, -0.15) is 0 Å². The summed E-state index contributed by atoms with van der Waals surface area (Å²) in [6.07, 6.45) is 2.27. The van der Waals surface area contributed by atoms with Crippen molar-refractivity contribution in [2.75, 3.05) is 6.54 Å². The maximum atomic E-state index is 11.7. The van der Waals surface area contributed by atoms with Gasteiger partial charge in [-0.25, -0.2) is 9.97 Å². The molecule has 0 unspecified atom stereocenters. The van der Waals surface area contributed by atoms with Crippen molar-refractivity contribution >= 4 is 28.8 Å². The molecule has 0 spiro atoms. The standard InChI is InChI=1S/C11H10ClN3OS/c12-10-9(2-1-4-13-10)11(16)14-5-3-8-6-17-7-15-8/h1-2,4,6-7H,3,5H2,(H,14,16). The van der Waals surface area contributed by atoms with E-state index >= 15 is 0 Å². The third kappa shape index (κ3) is 3.25. The quantitative estimate of drug-likeness (QED) is 0.864. The van der Waals surface area contributed by atoms with Crippen molar-refractivity contribution in [1.82, 2.24) is 15.3 Å². The van der Waals surface area contributed by atoms with E-state index in [9.17, 15) is 4.79 Å². The number of aromatic nitrogens is 2. The molecule has 17 heavy (non-hydrogen) atoms. The first-order valence-electron chi connectivity index (χ1n) is 5.03. The van der Waals surface area contributed by atoms with Crippen LogP contribution in [0, 0.1) is 0 Å². The SMILES string of the molecule is O=C(NCCc1cscn1)c1cccnc1Cl. The zero-order chi connectivity index (χ0) is 12.1. The van der Waals surface area contributed by atoms with Gasteiger partial charge in [0.05, 0.1) is 16.8 Å². The molecule has 0 aliphatic carbocycles. The second-order valence-corrected chi connectivity index (χ2v) is 4.40. The van der Waals surface area contributed by atoms with E-state index in [2.05, 4.69) is 15.3 Å². The highest BCUT2D eigenvalue weighted by Gasteiger charge is 2.09. The summed E-state index contributed by atoms with van der Waals surface area (Å²) in [5.41, 5.74) is 3.15. The van der Waals surface area contributed by atoms with Gasteiger partial charge >= 0.3 is 0 Å². The number of thiazole rings is 1. The lowest BCUT2D eigenvalue weighted by atomic mass is 10.2. The molecular weight excluding hydrogens is 258 g/mol. The summed E-state index contributed by atoms with van der Waals surface area (Å²) in [6, 6.07) is 3.33. The summed E-state index contributed by atoms with van der Waals surface area (Å²) in [5, 5.41) is 4.96. The van der Waals surface area contributed by atoms with Crippen molar-refractivity contribution in [2.24, 2.45) is 0 Å².